The largest absolute Gasteiger partial charge is 0.497 e. The van der Waals surface area contributed by atoms with E-state index < -0.39 is 6.04 Å². The SMILES string of the molecule is COc1cccc(C(=O)NCCNC(=O)[C@@H](N)C(C)C)c1. The Bertz CT molecular complexity index is 489. The molecule has 2 amide bonds. The van der Waals surface area contributed by atoms with E-state index in [1.165, 1.54) is 0 Å². The lowest BCUT2D eigenvalue weighted by molar-refractivity contribution is -0.123. The number of benzene rings is 1. The first-order chi connectivity index (χ1) is 9.95. The van der Waals surface area contributed by atoms with Crippen molar-refractivity contribution in [2.24, 2.45) is 11.7 Å². The molecule has 1 rings (SSSR count). The molecule has 4 N–H and O–H groups in total. The van der Waals surface area contributed by atoms with E-state index in [2.05, 4.69) is 10.6 Å². The summed E-state index contributed by atoms with van der Waals surface area (Å²) in [6, 6.07) is 6.34. The third-order valence-electron chi connectivity index (χ3n) is 3.06. The molecular formula is C15H23N3O3. The average Bonchev–Trinajstić information content (AvgIpc) is 2.50. The normalized spacial score (nSPS) is 11.9. The standard InChI is InChI=1S/C15H23N3O3/c1-10(2)13(16)15(20)18-8-7-17-14(19)11-5-4-6-12(9-11)21-3/h4-6,9-10,13H,7-8,16H2,1-3H3,(H,17,19)(H,18,20)/t13-/m0/s1. The van der Waals surface area contributed by atoms with Crippen molar-refractivity contribution in [2.45, 2.75) is 19.9 Å². The number of ether oxygens (including phenoxy) is 1. The van der Waals surface area contributed by atoms with Crippen molar-refractivity contribution in [1.82, 2.24) is 10.6 Å². The number of hydrogen-bond acceptors (Lipinski definition) is 4. The van der Waals surface area contributed by atoms with Gasteiger partial charge in [0.15, 0.2) is 0 Å². The van der Waals surface area contributed by atoms with E-state index in [1.807, 2.05) is 13.8 Å². The highest BCUT2D eigenvalue weighted by molar-refractivity contribution is 5.94. The molecule has 1 aromatic carbocycles. The predicted octanol–water partition coefficient (Wildman–Crippen LogP) is 0.525. The van der Waals surface area contributed by atoms with Crippen LogP contribution in [-0.4, -0.2) is 38.1 Å². The van der Waals surface area contributed by atoms with Gasteiger partial charge in [-0.3, -0.25) is 9.59 Å². The highest BCUT2D eigenvalue weighted by Crippen LogP contribution is 2.12. The predicted molar refractivity (Wildman–Crippen MR) is 81.2 cm³/mol. The monoisotopic (exact) mass is 293 g/mol. The first kappa shape index (κ1) is 17.0. The summed E-state index contributed by atoms with van der Waals surface area (Å²) in [5, 5.41) is 5.41. The zero-order valence-corrected chi connectivity index (χ0v) is 12.7. The Hall–Kier alpha value is -2.08. The van der Waals surface area contributed by atoms with Gasteiger partial charge in [0, 0.05) is 18.7 Å². The van der Waals surface area contributed by atoms with Crippen molar-refractivity contribution in [3.8, 4) is 5.75 Å². The molecule has 1 aromatic rings. The first-order valence-corrected chi connectivity index (χ1v) is 6.91. The van der Waals surface area contributed by atoms with Crippen LogP contribution in [0.3, 0.4) is 0 Å². The van der Waals surface area contributed by atoms with E-state index in [9.17, 15) is 9.59 Å². The number of nitrogens with two attached hydrogens (primary N) is 1. The van der Waals surface area contributed by atoms with Gasteiger partial charge in [-0.15, -0.1) is 0 Å². The summed E-state index contributed by atoms with van der Waals surface area (Å²) in [4.78, 5) is 23.5. The second-order valence-electron chi connectivity index (χ2n) is 5.05. The summed E-state index contributed by atoms with van der Waals surface area (Å²) in [5.74, 6) is 0.284. The minimum atomic E-state index is -0.529. The van der Waals surface area contributed by atoms with Gasteiger partial charge in [0.25, 0.3) is 5.91 Å². The topological polar surface area (TPSA) is 93.5 Å². The Morgan fingerprint density at radius 3 is 2.52 bits per heavy atom. The van der Waals surface area contributed by atoms with Gasteiger partial charge in [-0.2, -0.15) is 0 Å². The smallest absolute Gasteiger partial charge is 0.251 e. The molecule has 0 aliphatic rings. The fraction of sp³-hybridized carbons (Fsp3) is 0.467. The van der Waals surface area contributed by atoms with Gasteiger partial charge in [-0.25, -0.2) is 0 Å². The van der Waals surface area contributed by atoms with Crippen molar-refractivity contribution in [3.63, 3.8) is 0 Å². The molecule has 0 aromatic heterocycles. The lowest BCUT2D eigenvalue weighted by Crippen LogP contribution is -2.46. The molecule has 116 valence electrons. The van der Waals surface area contributed by atoms with Gasteiger partial charge in [-0.05, 0) is 24.1 Å². The number of amides is 2. The molecule has 21 heavy (non-hydrogen) atoms. The number of carbonyl (C=O) groups is 2. The molecule has 0 aliphatic heterocycles. The van der Waals surface area contributed by atoms with Crippen LogP contribution in [0.2, 0.25) is 0 Å². The molecule has 0 aliphatic carbocycles. The Labute approximate surface area is 125 Å². The van der Waals surface area contributed by atoms with Crippen molar-refractivity contribution >= 4 is 11.8 Å². The fourth-order valence-electron chi connectivity index (χ4n) is 1.65. The van der Waals surface area contributed by atoms with Crippen LogP contribution in [0.25, 0.3) is 0 Å². The van der Waals surface area contributed by atoms with Crippen molar-refractivity contribution < 1.29 is 14.3 Å². The summed E-state index contributed by atoms with van der Waals surface area (Å²) >= 11 is 0. The lowest BCUT2D eigenvalue weighted by atomic mass is 10.1. The molecule has 0 saturated carbocycles. The van der Waals surface area contributed by atoms with Crippen LogP contribution in [0.4, 0.5) is 0 Å². The quantitative estimate of drug-likeness (QED) is 0.639. The molecule has 0 radical (unpaired) electrons. The third kappa shape index (κ3) is 5.43. The maximum Gasteiger partial charge on any atom is 0.251 e. The van der Waals surface area contributed by atoms with Crippen LogP contribution >= 0.6 is 0 Å². The van der Waals surface area contributed by atoms with Gasteiger partial charge in [-0.1, -0.05) is 19.9 Å². The van der Waals surface area contributed by atoms with Crippen LogP contribution in [0, 0.1) is 5.92 Å². The summed E-state index contributed by atoms with van der Waals surface area (Å²) in [5.41, 5.74) is 6.23. The van der Waals surface area contributed by atoms with Crippen LogP contribution in [0.15, 0.2) is 24.3 Å². The second-order valence-corrected chi connectivity index (χ2v) is 5.05. The molecule has 0 saturated heterocycles. The van der Waals surface area contributed by atoms with E-state index >= 15 is 0 Å². The highest BCUT2D eigenvalue weighted by atomic mass is 16.5. The molecule has 0 unspecified atom stereocenters. The minimum Gasteiger partial charge on any atom is -0.497 e. The third-order valence-corrected chi connectivity index (χ3v) is 3.06. The van der Waals surface area contributed by atoms with Gasteiger partial charge in [0.05, 0.1) is 13.2 Å². The van der Waals surface area contributed by atoms with Crippen LogP contribution in [0.5, 0.6) is 5.75 Å². The number of carbonyl (C=O) groups excluding carboxylic acids is 2. The maximum atomic E-state index is 11.9. The lowest BCUT2D eigenvalue weighted by Gasteiger charge is -2.15. The number of methoxy groups -OCH3 is 1. The molecule has 0 fully saturated rings. The van der Waals surface area contributed by atoms with Crippen LogP contribution < -0.4 is 21.1 Å². The molecule has 0 spiro atoms. The molecule has 6 nitrogen and oxygen atoms in total. The second kappa shape index (κ2) is 8.26. The zero-order valence-electron chi connectivity index (χ0n) is 12.7. The number of nitrogens with one attached hydrogen (secondary N) is 2. The van der Waals surface area contributed by atoms with E-state index in [0.717, 1.165) is 0 Å². The van der Waals surface area contributed by atoms with Crippen molar-refractivity contribution in [1.29, 1.82) is 0 Å². The van der Waals surface area contributed by atoms with E-state index in [-0.39, 0.29) is 17.7 Å². The summed E-state index contributed by atoms with van der Waals surface area (Å²) < 4.78 is 5.06. The molecule has 6 heteroatoms. The van der Waals surface area contributed by atoms with E-state index in [0.29, 0.717) is 24.4 Å². The minimum absolute atomic E-state index is 0.0800. The summed E-state index contributed by atoms with van der Waals surface area (Å²) in [6.45, 7) is 4.45. The Morgan fingerprint density at radius 2 is 1.90 bits per heavy atom. The zero-order chi connectivity index (χ0) is 15.8. The summed E-state index contributed by atoms with van der Waals surface area (Å²) in [6.07, 6.45) is 0. The van der Waals surface area contributed by atoms with Crippen LogP contribution in [-0.2, 0) is 4.79 Å². The number of hydrogen-bond donors (Lipinski definition) is 3. The van der Waals surface area contributed by atoms with Crippen molar-refractivity contribution in [3.05, 3.63) is 29.8 Å². The molecule has 0 heterocycles. The summed E-state index contributed by atoms with van der Waals surface area (Å²) in [7, 11) is 1.55. The average molecular weight is 293 g/mol. The first-order valence-electron chi connectivity index (χ1n) is 6.91. The molecule has 0 bridgehead atoms. The van der Waals surface area contributed by atoms with E-state index in [4.69, 9.17) is 10.5 Å². The van der Waals surface area contributed by atoms with E-state index in [1.54, 1.807) is 31.4 Å². The molecular weight excluding hydrogens is 270 g/mol. The van der Waals surface area contributed by atoms with Gasteiger partial charge >= 0.3 is 0 Å². The Morgan fingerprint density at radius 1 is 1.24 bits per heavy atom. The van der Waals surface area contributed by atoms with Gasteiger partial charge < -0.3 is 21.1 Å². The molecule has 1 atom stereocenters. The fourth-order valence-corrected chi connectivity index (χ4v) is 1.65. The highest BCUT2D eigenvalue weighted by Gasteiger charge is 2.16. The van der Waals surface area contributed by atoms with Gasteiger partial charge in [0.1, 0.15) is 5.75 Å². The van der Waals surface area contributed by atoms with Gasteiger partial charge in [0.2, 0.25) is 5.91 Å². The van der Waals surface area contributed by atoms with Crippen molar-refractivity contribution in [2.75, 3.05) is 20.2 Å². The number of rotatable bonds is 7. The van der Waals surface area contributed by atoms with Crippen LogP contribution in [0.1, 0.15) is 24.2 Å². The Balaban J connectivity index is 2.35. The Kier molecular flexibility index (Phi) is 6.68. The maximum absolute atomic E-state index is 11.9.